The van der Waals surface area contributed by atoms with Gasteiger partial charge in [-0.05, 0) is 43.4 Å². The normalized spacial score (nSPS) is 31.3. The molecule has 1 aromatic carbocycles. The Morgan fingerprint density at radius 3 is 2.90 bits per heavy atom. The van der Waals surface area contributed by atoms with Crippen LogP contribution in [0.15, 0.2) is 30.0 Å². The van der Waals surface area contributed by atoms with E-state index in [1.165, 1.54) is 20.5 Å². The molecule has 0 unspecified atom stereocenters. The monoisotopic (exact) mass is 400 g/mol. The lowest BCUT2D eigenvalue weighted by molar-refractivity contribution is -0.137. The largest absolute Gasteiger partial charge is 0.508 e. The Morgan fingerprint density at radius 2 is 2.21 bits per heavy atom. The minimum Gasteiger partial charge on any atom is -0.508 e. The molecule has 1 amide bonds. The van der Waals surface area contributed by atoms with Crippen LogP contribution in [0.4, 0.5) is 5.69 Å². The number of hydrogen-bond acceptors (Lipinski definition) is 6. The third-order valence-corrected chi connectivity index (χ3v) is 7.05. The SMILES string of the molecule is CC[C@@H]1CN2CC[C@@]3(C(=O)Nc4cccc(O)c43)[C@@H]2C[C@@H]1/C(=C/OC)C(=O)OC. The summed E-state index contributed by atoms with van der Waals surface area (Å²) in [6.45, 7) is 3.70. The number of nitrogens with one attached hydrogen (secondary N) is 1. The Bertz CT molecular complexity index is 867. The van der Waals surface area contributed by atoms with Crippen LogP contribution in [0.3, 0.4) is 0 Å². The molecule has 3 aliphatic heterocycles. The number of aromatic hydroxyl groups is 1. The Balaban J connectivity index is 1.77. The van der Waals surface area contributed by atoms with Gasteiger partial charge in [0.05, 0.1) is 31.5 Å². The average Bonchev–Trinajstić information content (AvgIpc) is 3.24. The van der Waals surface area contributed by atoms with Crippen molar-refractivity contribution in [3.8, 4) is 5.75 Å². The molecule has 3 heterocycles. The predicted molar refractivity (Wildman–Crippen MR) is 107 cm³/mol. The maximum atomic E-state index is 13.2. The maximum Gasteiger partial charge on any atom is 0.337 e. The molecule has 1 aromatic rings. The highest BCUT2D eigenvalue weighted by molar-refractivity contribution is 6.08. The summed E-state index contributed by atoms with van der Waals surface area (Å²) < 4.78 is 10.2. The van der Waals surface area contributed by atoms with E-state index in [0.717, 1.165) is 19.5 Å². The van der Waals surface area contributed by atoms with E-state index in [1.54, 1.807) is 12.1 Å². The van der Waals surface area contributed by atoms with E-state index in [4.69, 9.17) is 9.47 Å². The van der Waals surface area contributed by atoms with Crippen LogP contribution in [0.2, 0.25) is 0 Å². The van der Waals surface area contributed by atoms with Gasteiger partial charge in [0.25, 0.3) is 0 Å². The third kappa shape index (κ3) is 2.82. The van der Waals surface area contributed by atoms with E-state index >= 15 is 0 Å². The standard InChI is InChI=1S/C22H28N2O5/c1-4-13-11-24-9-8-22(19-16(23-21(22)27)6-5-7-17(19)25)18(24)10-14(13)15(12-28-2)20(26)29-3/h5-7,12-14,18,25H,4,8-11H2,1-3H3,(H,23,27)/b15-12-/t13-,14+,18+,22-/m1/s1. The zero-order valence-electron chi connectivity index (χ0n) is 17.1. The summed E-state index contributed by atoms with van der Waals surface area (Å²) >= 11 is 0. The van der Waals surface area contributed by atoms with Crippen LogP contribution in [-0.4, -0.2) is 55.2 Å². The van der Waals surface area contributed by atoms with Gasteiger partial charge in [0, 0.05) is 23.8 Å². The minimum absolute atomic E-state index is 0.0643. The number of amides is 1. The van der Waals surface area contributed by atoms with Crippen molar-refractivity contribution >= 4 is 17.6 Å². The van der Waals surface area contributed by atoms with Crippen molar-refractivity contribution in [1.82, 2.24) is 4.90 Å². The number of piperidine rings is 1. The van der Waals surface area contributed by atoms with Crippen LogP contribution < -0.4 is 5.32 Å². The van der Waals surface area contributed by atoms with Gasteiger partial charge in [-0.3, -0.25) is 9.69 Å². The number of phenols is 1. The number of hydrogen-bond donors (Lipinski definition) is 2. The fourth-order valence-corrected chi connectivity index (χ4v) is 5.73. The number of carbonyl (C=O) groups excluding carboxylic acids is 2. The zero-order chi connectivity index (χ0) is 20.8. The molecule has 156 valence electrons. The van der Waals surface area contributed by atoms with Crippen molar-refractivity contribution in [3.05, 3.63) is 35.6 Å². The molecule has 2 N–H and O–H groups in total. The number of phenolic OH excluding ortho intramolecular Hbond substituents is 1. The molecule has 7 nitrogen and oxygen atoms in total. The molecule has 0 aliphatic carbocycles. The van der Waals surface area contributed by atoms with Gasteiger partial charge >= 0.3 is 5.97 Å². The highest BCUT2D eigenvalue weighted by Gasteiger charge is 2.61. The number of fused-ring (bicyclic) bond motifs is 4. The maximum absolute atomic E-state index is 13.2. The number of esters is 1. The molecule has 1 spiro atoms. The van der Waals surface area contributed by atoms with Crippen LogP contribution in [-0.2, 0) is 24.5 Å². The Kier molecular flexibility index (Phi) is 5.02. The number of carbonyl (C=O) groups is 2. The quantitative estimate of drug-likeness (QED) is 0.458. The molecule has 2 fully saturated rings. The molecular weight excluding hydrogens is 372 g/mol. The average molecular weight is 400 g/mol. The second-order valence-corrected chi connectivity index (χ2v) is 8.20. The van der Waals surface area contributed by atoms with E-state index in [1.807, 2.05) is 6.07 Å². The smallest absolute Gasteiger partial charge is 0.337 e. The highest BCUT2D eigenvalue weighted by atomic mass is 16.5. The number of rotatable bonds is 4. The third-order valence-electron chi connectivity index (χ3n) is 7.05. The van der Waals surface area contributed by atoms with Crippen molar-refractivity contribution in [2.45, 2.75) is 37.6 Å². The highest BCUT2D eigenvalue weighted by Crippen LogP contribution is 2.55. The van der Waals surface area contributed by atoms with E-state index in [2.05, 4.69) is 17.1 Å². The number of nitrogens with zero attached hydrogens (tertiary/aromatic N) is 1. The van der Waals surface area contributed by atoms with Crippen molar-refractivity contribution in [2.24, 2.45) is 11.8 Å². The van der Waals surface area contributed by atoms with E-state index in [-0.39, 0.29) is 29.5 Å². The lowest BCUT2D eigenvalue weighted by Gasteiger charge is -2.45. The number of anilines is 1. The van der Waals surface area contributed by atoms with Crippen molar-refractivity contribution in [1.29, 1.82) is 0 Å². The number of ether oxygens (including phenoxy) is 2. The fraction of sp³-hybridized carbons (Fsp3) is 0.545. The molecule has 4 rings (SSSR count). The summed E-state index contributed by atoms with van der Waals surface area (Å²) in [7, 11) is 2.90. The molecule has 29 heavy (non-hydrogen) atoms. The number of benzene rings is 1. The van der Waals surface area contributed by atoms with Gasteiger partial charge in [0.2, 0.25) is 5.91 Å². The van der Waals surface area contributed by atoms with Crippen LogP contribution in [0, 0.1) is 11.8 Å². The minimum atomic E-state index is -0.800. The zero-order valence-corrected chi connectivity index (χ0v) is 17.1. The van der Waals surface area contributed by atoms with E-state index in [0.29, 0.717) is 29.7 Å². The molecule has 0 bridgehead atoms. The van der Waals surface area contributed by atoms with Gasteiger partial charge in [0.1, 0.15) is 5.75 Å². The van der Waals surface area contributed by atoms with Crippen molar-refractivity contribution in [2.75, 3.05) is 32.6 Å². The second kappa shape index (κ2) is 7.37. The Morgan fingerprint density at radius 1 is 1.41 bits per heavy atom. The van der Waals surface area contributed by atoms with Crippen LogP contribution in [0.25, 0.3) is 0 Å². The molecule has 0 saturated carbocycles. The van der Waals surface area contributed by atoms with Gasteiger partial charge < -0.3 is 19.9 Å². The van der Waals surface area contributed by atoms with Crippen LogP contribution in [0.1, 0.15) is 31.7 Å². The lowest BCUT2D eigenvalue weighted by Crippen LogP contribution is -2.53. The molecule has 2 saturated heterocycles. The Hall–Kier alpha value is -2.54. The molecule has 3 aliphatic rings. The van der Waals surface area contributed by atoms with Gasteiger partial charge in [0.15, 0.2) is 0 Å². The van der Waals surface area contributed by atoms with Crippen LogP contribution >= 0.6 is 0 Å². The molecule has 7 heteroatoms. The van der Waals surface area contributed by atoms with E-state index < -0.39 is 11.4 Å². The lowest BCUT2D eigenvalue weighted by atomic mass is 9.67. The predicted octanol–water partition coefficient (Wildman–Crippen LogP) is 2.41. The van der Waals surface area contributed by atoms with Gasteiger partial charge in [-0.25, -0.2) is 4.79 Å². The first-order valence-electron chi connectivity index (χ1n) is 10.2. The topological polar surface area (TPSA) is 88.1 Å². The summed E-state index contributed by atoms with van der Waals surface area (Å²) in [6, 6.07) is 5.12. The first-order valence-corrected chi connectivity index (χ1v) is 10.2. The summed E-state index contributed by atoms with van der Waals surface area (Å²) in [5, 5.41) is 13.6. The molecular formula is C22H28N2O5. The van der Waals surface area contributed by atoms with Crippen LogP contribution in [0.5, 0.6) is 5.75 Å². The van der Waals surface area contributed by atoms with Crippen molar-refractivity contribution in [3.63, 3.8) is 0 Å². The number of methoxy groups -OCH3 is 2. The molecule has 4 atom stereocenters. The second-order valence-electron chi connectivity index (χ2n) is 8.20. The van der Waals surface area contributed by atoms with Crippen molar-refractivity contribution < 1.29 is 24.2 Å². The van der Waals surface area contributed by atoms with Gasteiger partial charge in [-0.2, -0.15) is 0 Å². The molecule has 0 radical (unpaired) electrons. The van der Waals surface area contributed by atoms with E-state index in [9.17, 15) is 14.7 Å². The summed E-state index contributed by atoms with van der Waals surface area (Å²) in [5.41, 5.74) is 1.10. The summed E-state index contributed by atoms with van der Waals surface area (Å²) in [6.07, 6.45) is 3.67. The van der Waals surface area contributed by atoms with Gasteiger partial charge in [-0.15, -0.1) is 0 Å². The first-order chi connectivity index (χ1) is 14.0. The fourth-order valence-electron chi connectivity index (χ4n) is 5.73. The van der Waals surface area contributed by atoms with Gasteiger partial charge in [-0.1, -0.05) is 19.4 Å². The molecule has 0 aromatic heterocycles. The first kappa shape index (κ1) is 19.8. The Labute approximate surface area is 170 Å². The summed E-state index contributed by atoms with van der Waals surface area (Å²) in [5.74, 6) is -0.125. The summed E-state index contributed by atoms with van der Waals surface area (Å²) in [4.78, 5) is 28.1.